The first kappa shape index (κ1) is 8.98. The SMILES string of the molecule is CC1(C)CCC=C2CCC(=O)CC21. The molecule has 2 aliphatic rings. The van der Waals surface area contributed by atoms with E-state index >= 15 is 0 Å². The average Bonchev–Trinajstić information content (AvgIpc) is 2.06. The predicted octanol–water partition coefficient (Wildman–Crippen LogP) is 3.10. The van der Waals surface area contributed by atoms with E-state index in [4.69, 9.17) is 0 Å². The molecule has 0 aromatic carbocycles. The van der Waals surface area contributed by atoms with Crippen LogP contribution in [0.4, 0.5) is 0 Å². The molecule has 0 N–H and O–H groups in total. The Kier molecular flexibility index (Phi) is 2.05. The molecule has 1 fully saturated rings. The lowest BCUT2D eigenvalue weighted by Gasteiger charge is -2.41. The Labute approximate surface area is 80.2 Å². The highest BCUT2D eigenvalue weighted by Crippen LogP contribution is 2.46. The van der Waals surface area contributed by atoms with Crippen molar-refractivity contribution in [2.45, 2.75) is 46.0 Å². The standard InChI is InChI=1S/C12H18O/c1-12(2)7-3-4-9-5-6-10(13)8-11(9)12/h4,11H,3,5-8H2,1-2H3. The van der Waals surface area contributed by atoms with Crippen LogP contribution in [0.3, 0.4) is 0 Å². The second-order valence-corrected chi connectivity index (χ2v) is 5.10. The highest BCUT2D eigenvalue weighted by molar-refractivity contribution is 5.80. The van der Waals surface area contributed by atoms with Crippen molar-refractivity contribution in [3.63, 3.8) is 0 Å². The van der Waals surface area contributed by atoms with Gasteiger partial charge in [-0.05, 0) is 30.6 Å². The summed E-state index contributed by atoms with van der Waals surface area (Å²) in [5, 5.41) is 0. The van der Waals surface area contributed by atoms with Crippen molar-refractivity contribution < 1.29 is 4.79 Å². The molecule has 0 radical (unpaired) electrons. The summed E-state index contributed by atoms with van der Waals surface area (Å²) in [5.41, 5.74) is 1.93. The van der Waals surface area contributed by atoms with Crippen LogP contribution in [-0.2, 0) is 4.79 Å². The summed E-state index contributed by atoms with van der Waals surface area (Å²) in [5.74, 6) is 1.03. The summed E-state index contributed by atoms with van der Waals surface area (Å²) < 4.78 is 0. The summed E-state index contributed by atoms with van der Waals surface area (Å²) >= 11 is 0. The summed E-state index contributed by atoms with van der Waals surface area (Å²) in [7, 11) is 0. The second-order valence-electron chi connectivity index (χ2n) is 5.10. The number of fused-ring (bicyclic) bond motifs is 1. The number of Topliss-reactive ketones (excluding diaryl/α,β-unsaturated/α-hetero) is 1. The summed E-state index contributed by atoms with van der Waals surface area (Å²) in [6.45, 7) is 4.62. The van der Waals surface area contributed by atoms with E-state index in [2.05, 4.69) is 19.9 Å². The largest absolute Gasteiger partial charge is 0.300 e. The zero-order valence-electron chi connectivity index (χ0n) is 8.60. The van der Waals surface area contributed by atoms with Gasteiger partial charge < -0.3 is 0 Å². The molecule has 0 aliphatic heterocycles. The molecule has 1 heteroatoms. The lowest BCUT2D eigenvalue weighted by atomic mass is 9.63. The van der Waals surface area contributed by atoms with E-state index in [1.54, 1.807) is 5.57 Å². The number of carbonyl (C=O) groups is 1. The Morgan fingerprint density at radius 1 is 1.38 bits per heavy atom. The minimum atomic E-state index is 0.361. The molecule has 0 spiro atoms. The molecule has 72 valence electrons. The van der Waals surface area contributed by atoms with Crippen molar-refractivity contribution in [2.75, 3.05) is 0 Å². The Hall–Kier alpha value is -0.590. The first-order valence-corrected chi connectivity index (χ1v) is 5.30. The average molecular weight is 178 g/mol. The lowest BCUT2D eigenvalue weighted by molar-refractivity contribution is -0.121. The first-order chi connectivity index (χ1) is 6.09. The summed E-state index contributed by atoms with van der Waals surface area (Å²) in [6.07, 6.45) is 7.47. The van der Waals surface area contributed by atoms with Gasteiger partial charge >= 0.3 is 0 Å². The van der Waals surface area contributed by atoms with E-state index in [1.165, 1.54) is 12.8 Å². The van der Waals surface area contributed by atoms with Gasteiger partial charge in [0.05, 0.1) is 0 Å². The Morgan fingerprint density at radius 2 is 2.15 bits per heavy atom. The fraction of sp³-hybridized carbons (Fsp3) is 0.750. The molecule has 2 aliphatic carbocycles. The summed E-state index contributed by atoms with van der Waals surface area (Å²) in [4.78, 5) is 11.4. The van der Waals surface area contributed by atoms with Gasteiger partial charge in [0.25, 0.3) is 0 Å². The van der Waals surface area contributed by atoms with Gasteiger partial charge in [-0.3, -0.25) is 4.79 Å². The van der Waals surface area contributed by atoms with Crippen molar-refractivity contribution >= 4 is 5.78 Å². The molecule has 0 aromatic heterocycles. The lowest BCUT2D eigenvalue weighted by Crippen LogP contribution is -2.33. The van der Waals surface area contributed by atoms with Crippen LogP contribution in [-0.4, -0.2) is 5.78 Å². The van der Waals surface area contributed by atoms with Gasteiger partial charge in [0, 0.05) is 12.8 Å². The van der Waals surface area contributed by atoms with E-state index in [0.29, 0.717) is 17.1 Å². The number of hydrogen-bond acceptors (Lipinski definition) is 1. The van der Waals surface area contributed by atoms with Crippen LogP contribution in [0, 0.1) is 11.3 Å². The maximum absolute atomic E-state index is 11.4. The van der Waals surface area contributed by atoms with E-state index in [9.17, 15) is 4.79 Å². The number of ketones is 1. The third kappa shape index (κ3) is 1.56. The van der Waals surface area contributed by atoms with Gasteiger partial charge in [-0.25, -0.2) is 0 Å². The van der Waals surface area contributed by atoms with Gasteiger partial charge in [-0.2, -0.15) is 0 Å². The molecule has 0 amide bonds. The summed E-state index contributed by atoms with van der Waals surface area (Å²) in [6, 6.07) is 0. The Bertz CT molecular complexity index is 260. The smallest absolute Gasteiger partial charge is 0.133 e. The molecule has 0 bridgehead atoms. The molecule has 1 unspecified atom stereocenters. The quantitative estimate of drug-likeness (QED) is 0.521. The van der Waals surface area contributed by atoms with Crippen LogP contribution in [0.25, 0.3) is 0 Å². The van der Waals surface area contributed by atoms with Crippen LogP contribution in [0.2, 0.25) is 0 Å². The Balaban J connectivity index is 2.25. The first-order valence-electron chi connectivity index (χ1n) is 5.30. The monoisotopic (exact) mass is 178 g/mol. The molecule has 13 heavy (non-hydrogen) atoms. The van der Waals surface area contributed by atoms with E-state index in [0.717, 1.165) is 19.3 Å². The maximum Gasteiger partial charge on any atom is 0.133 e. The van der Waals surface area contributed by atoms with Gasteiger partial charge in [0.2, 0.25) is 0 Å². The minimum Gasteiger partial charge on any atom is -0.300 e. The number of allylic oxidation sites excluding steroid dienone is 2. The number of rotatable bonds is 0. The molecule has 2 rings (SSSR count). The van der Waals surface area contributed by atoms with Crippen LogP contribution in [0.5, 0.6) is 0 Å². The molecule has 1 atom stereocenters. The fourth-order valence-corrected chi connectivity index (χ4v) is 2.75. The molecule has 1 nitrogen and oxygen atoms in total. The van der Waals surface area contributed by atoms with E-state index < -0.39 is 0 Å². The predicted molar refractivity (Wildman–Crippen MR) is 53.4 cm³/mol. The normalized spacial score (nSPS) is 32.3. The fourth-order valence-electron chi connectivity index (χ4n) is 2.75. The molecular weight excluding hydrogens is 160 g/mol. The van der Waals surface area contributed by atoms with Gasteiger partial charge in [0.15, 0.2) is 0 Å². The third-order valence-electron chi connectivity index (χ3n) is 3.71. The van der Waals surface area contributed by atoms with Crippen molar-refractivity contribution in [2.24, 2.45) is 11.3 Å². The highest BCUT2D eigenvalue weighted by Gasteiger charge is 2.37. The van der Waals surface area contributed by atoms with Crippen molar-refractivity contribution in [1.29, 1.82) is 0 Å². The van der Waals surface area contributed by atoms with Crippen LogP contribution >= 0.6 is 0 Å². The molecule has 0 saturated heterocycles. The minimum absolute atomic E-state index is 0.361. The molecular formula is C12H18O. The maximum atomic E-state index is 11.4. The Morgan fingerprint density at radius 3 is 2.92 bits per heavy atom. The van der Waals surface area contributed by atoms with E-state index in [-0.39, 0.29) is 0 Å². The van der Waals surface area contributed by atoms with Crippen molar-refractivity contribution in [1.82, 2.24) is 0 Å². The zero-order valence-corrected chi connectivity index (χ0v) is 8.60. The van der Waals surface area contributed by atoms with Gasteiger partial charge in [-0.15, -0.1) is 0 Å². The molecule has 1 saturated carbocycles. The third-order valence-corrected chi connectivity index (χ3v) is 3.71. The van der Waals surface area contributed by atoms with Gasteiger partial charge in [-0.1, -0.05) is 25.5 Å². The van der Waals surface area contributed by atoms with E-state index in [1.807, 2.05) is 0 Å². The molecule has 0 heterocycles. The topological polar surface area (TPSA) is 17.1 Å². The second kappa shape index (κ2) is 2.97. The highest BCUT2D eigenvalue weighted by atomic mass is 16.1. The number of carbonyl (C=O) groups excluding carboxylic acids is 1. The van der Waals surface area contributed by atoms with Gasteiger partial charge in [0.1, 0.15) is 5.78 Å². The zero-order chi connectivity index (χ0) is 9.47. The number of hydrogen-bond donors (Lipinski definition) is 0. The van der Waals surface area contributed by atoms with Crippen molar-refractivity contribution in [3.8, 4) is 0 Å². The van der Waals surface area contributed by atoms with Crippen molar-refractivity contribution in [3.05, 3.63) is 11.6 Å². The molecule has 0 aromatic rings. The van der Waals surface area contributed by atoms with Crippen LogP contribution < -0.4 is 0 Å². The van der Waals surface area contributed by atoms with Crippen LogP contribution in [0.15, 0.2) is 11.6 Å². The van der Waals surface area contributed by atoms with Crippen LogP contribution in [0.1, 0.15) is 46.0 Å².